The van der Waals surface area contributed by atoms with Crippen LogP contribution in [0.15, 0.2) is 291 Å². The van der Waals surface area contributed by atoms with E-state index in [1.165, 1.54) is 0 Å². The van der Waals surface area contributed by atoms with Crippen molar-refractivity contribution in [3.8, 4) is 69.5 Å². The Morgan fingerprint density at radius 1 is 0.204 bits per heavy atom. The van der Waals surface area contributed by atoms with Gasteiger partial charge in [0.2, 0.25) is 0 Å². The van der Waals surface area contributed by atoms with Gasteiger partial charge >= 0.3 is 0 Å². The molecular formula is C88H48N10. The molecule has 0 saturated heterocycles. The maximum atomic E-state index is 12.8. The summed E-state index contributed by atoms with van der Waals surface area (Å²) >= 11 is 0. The van der Waals surface area contributed by atoms with Crippen LogP contribution in [0.1, 0.15) is 22.3 Å². The number of para-hydroxylation sites is 10. The predicted octanol–water partition coefficient (Wildman–Crippen LogP) is 21.4. The first kappa shape index (κ1) is 54.4. The van der Waals surface area contributed by atoms with Crippen molar-refractivity contribution in [2.24, 2.45) is 0 Å². The minimum Gasteiger partial charge on any atom is -0.307 e. The van der Waals surface area contributed by atoms with Gasteiger partial charge in [-0.05, 0) is 102 Å². The summed E-state index contributed by atoms with van der Waals surface area (Å²) in [5.41, 5.74) is 17.9. The summed E-state index contributed by atoms with van der Waals surface area (Å²) in [6, 6.07) is 111. The van der Waals surface area contributed by atoms with Crippen molar-refractivity contribution in [2.45, 2.75) is 0 Å². The molecule has 20 rings (SSSR count). The molecule has 0 unspecified atom stereocenters. The fourth-order valence-corrected chi connectivity index (χ4v) is 16.5. The molecule has 0 amide bonds. The van der Waals surface area contributed by atoms with E-state index in [1.54, 1.807) is 0 Å². The molecule has 450 valence electrons. The van der Waals surface area contributed by atoms with Crippen LogP contribution in [0.2, 0.25) is 0 Å². The number of hydrogen-bond acceptors (Lipinski definition) is 4. The molecule has 0 aliphatic heterocycles. The van der Waals surface area contributed by atoms with E-state index in [0.717, 1.165) is 153 Å². The van der Waals surface area contributed by atoms with E-state index in [2.05, 4.69) is 294 Å². The lowest BCUT2D eigenvalue weighted by Crippen LogP contribution is -2.16. The van der Waals surface area contributed by atoms with Gasteiger partial charge < -0.3 is 27.4 Å². The summed E-state index contributed by atoms with van der Waals surface area (Å²) in [5.74, 6) is 0. The van der Waals surface area contributed by atoms with Crippen LogP contribution in [0.5, 0.6) is 0 Å². The van der Waals surface area contributed by atoms with E-state index in [4.69, 9.17) is 0 Å². The van der Waals surface area contributed by atoms with Crippen LogP contribution in [0.4, 0.5) is 0 Å². The molecule has 0 aliphatic rings. The Morgan fingerprint density at radius 2 is 0.480 bits per heavy atom. The molecule has 0 fully saturated rings. The van der Waals surface area contributed by atoms with Crippen molar-refractivity contribution in [1.29, 1.82) is 21.0 Å². The monoisotopic (exact) mass is 1240 g/mol. The number of benzene rings is 14. The van der Waals surface area contributed by atoms with E-state index in [1.807, 2.05) is 48.5 Å². The molecule has 0 aliphatic carbocycles. The highest BCUT2D eigenvalue weighted by Gasteiger charge is 2.35. The maximum Gasteiger partial charge on any atom is 0.104 e. The van der Waals surface area contributed by atoms with Crippen molar-refractivity contribution in [1.82, 2.24) is 27.4 Å². The minimum atomic E-state index is 0.280. The molecule has 0 spiro atoms. The third-order valence-corrected chi connectivity index (χ3v) is 20.4. The van der Waals surface area contributed by atoms with Crippen LogP contribution in [0.25, 0.3) is 176 Å². The zero-order chi connectivity index (χ0) is 65.0. The molecule has 98 heavy (non-hydrogen) atoms. The van der Waals surface area contributed by atoms with E-state index < -0.39 is 0 Å². The summed E-state index contributed by atoms with van der Waals surface area (Å²) in [6.07, 6.45) is 0. The normalized spacial score (nSPS) is 11.8. The second-order valence-electron chi connectivity index (χ2n) is 25.1. The van der Waals surface area contributed by atoms with Gasteiger partial charge in [-0.15, -0.1) is 0 Å². The van der Waals surface area contributed by atoms with Gasteiger partial charge in [0.1, 0.15) is 35.4 Å². The third kappa shape index (κ3) is 7.29. The number of fused-ring (bicyclic) bond motifs is 18. The Morgan fingerprint density at radius 3 is 0.827 bits per heavy atom. The van der Waals surface area contributed by atoms with Crippen LogP contribution in [-0.4, -0.2) is 27.4 Å². The maximum absolute atomic E-state index is 12.8. The van der Waals surface area contributed by atoms with Gasteiger partial charge in [0.05, 0.1) is 111 Å². The number of hydrogen-bond donors (Lipinski definition) is 0. The molecule has 0 radical (unpaired) electrons. The van der Waals surface area contributed by atoms with Gasteiger partial charge in [0, 0.05) is 64.6 Å². The van der Waals surface area contributed by atoms with Crippen LogP contribution < -0.4 is 0 Å². The lowest BCUT2D eigenvalue weighted by atomic mass is 9.97. The van der Waals surface area contributed by atoms with Crippen LogP contribution in [-0.2, 0) is 0 Å². The largest absolute Gasteiger partial charge is 0.307 e. The molecule has 6 heterocycles. The standard InChI is InChI=1S/C88H48N10/c89-49-54-47-82(93-70-33-11-1-22-57(70)58-23-2-12-34-71(58)93)83(48-55(54)50-90)94-72-35-13-9-30-65(72)67-46-53(44-45-80(67)94)56-32-21-43-81-84(56)66-31-10-20-42-79(66)98(81)85-68(51-91)86(95-73-36-14-3-24-59(73)60-25-4-15-37-74(60)95)88(97-77-40-18-7-28-63(77)64-29-8-19-41-78(64)97)87(69(85)52-92)96-75-38-16-5-26-61(75)62-27-6-17-39-76(62)96/h1-48H. The van der Waals surface area contributed by atoms with Crippen LogP contribution in [0, 0.1) is 45.3 Å². The minimum absolute atomic E-state index is 0.280. The third-order valence-electron chi connectivity index (χ3n) is 20.4. The molecule has 0 bridgehead atoms. The lowest BCUT2D eigenvalue weighted by molar-refractivity contribution is 1.02. The van der Waals surface area contributed by atoms with E-state index in [9.17, 15) is 21.0 Å². The van der Waals surface area contributed by atoms with Crippen LogP contribution >= 0.6 is 0 Å². The van der Waals surface area contributed by atoms with Crippen molar-refractivity contribution in [2.75, 3.05) is 0 Å². The summed E-state index contributed by atoms with van der Waals surface area (Å²) in [6.45, 7) is 0. The summed E-state index contributed by atoms with van der Waals surface area (Å²) in [4.78, 5) is 0. The fourth-order valence-electron chi connectivity index (χ4n) is 16.5. The number of nitrogens with zero attached hydrogens (tertiary/aromatic N) is 10. The molecule has 6 aromatic heterocycles. The summed E-state index contributed by atoms with van der Waals surface area (Å²) < 4.78 is 13.5. The van der Waals surface area contributed by atoms with Crippen molar-refractivity contribution in [3.63, 3.8) is 0 Å². The lowest BCUT2D eigenvalue weighted by Gasteiger charge is -2.27. The Balaban J connectivity index is 0.917. The molecular weight excluding hydrogens is 1200 g/mol. The molecule has 0 saturated carbocycles. The zero-order valence-corrected chi connectivity index (χ0v) is 52.2. The number of rotatable bonds is 7. The van der Waals surface area contributed by atoms with Gasteiger partial charge in [0.15, 0.2) is 0 Å². The predicted molar refractivity (Wildman–Crippen MR) is 397 cm³/mol. The average Bonchev–Trinajstić information content (AvgIpc) is 1.46. The van der Waals surface area contributed by atoms with Crippen molar-refractivity contribution < 1.29 is 0 Å². The van der Waals surface area contributed by atoms with Gasteiger partial charge in [-0.3, -0.25) is 0 Å². The Bertz CT molecular complexity index is 6760. The highest BCUT2D eigenvalue weighted by molar-refractivity contribution is 6.20. The highest BCUT2D eigenvalue weighted by atomic mass is 15.1. The van der Waals surface area contributed by atoms with Crippen molar-refractivity contribution >= 4 is 131 Å². The SMILES string of the molecule is N#Cc1cc(-n2c3ccccc3c3ccccc32)c(-n2c3ccccc3c3cc(-c4cccc5c4c4ccccc4n5-c4c(C#N)c(-n5c6ccccc6c6ccccc65)c(-n5c6ccccc6c6ccccc65)c(-n5c6ccccc6c6ccccc65)c4C#N)ccc32)cc1C#N. The second kappa shape index (κ2) is 20.7. The summed E-state index contributed by atoms with van der Waals surface area (Å²) in [7, 11) is 0. The first-order valence-electron chi connectivity index (χ1n) is 32.6. The van der Waals surface area contributed by atoms with Gasteiger partial charge in [-0.25, -0.2) is 0 Å². The molecule has 0 atom stereocenters. The van der Waals surface area contributed by atoms with Gasteiger partial charge in [-0.2, -0.15) is 21.0 Å². The highest BCUT2D eigenvalue weighted by Crippen LogP contribution is 2.51. The van der Waals surface area contributed by atoms with Gasteiger partial charge in [0.25, 0.3) is 0 Å². The first-order chi connectivity index (χ1) is 48.5. The van der Waals surface area contributed by atoms with E-state index in [0.29, 0.717) is 33.9 Å². The number of aromatic nitrogens is 6. The molecule has 10 nitrogen and oxygen atoms in total. The molecule has 10 heteroatoms. The Kier molecular flexibility index (Phi) is 11.5. The first-order valence-corrected chi connectivity index (χ1v) is 32.6. The van der Waals surface area contributed by atoms with E-state index in [-0.39, 0.29) is 11.1 Å². The summed E-state index contributed by atoms with van der Waals surface area (Å²) in [5, 5.41) is 59.2. The molecule has 14 aromatic carbocycles. The number of nitriles is 4. The van der Waals surface area contributed by atoms with Gasteiger partial charge in [-0.1, -0.05) is 200 Å². The smallest absolute Gasteiger partial charge is 0.104 e. The zero-order valence-electron chi connectivity index (χ0n) is 52.2. The molecule has 0 N–H and O–H groups in total. The quantitative estimate of drug-likeness (QED) is 0.158. The van der Waals surface area contributed by atoms with E-state index >= 15 is 0 Å². The fraction of sp³-hybridized carbons (Fsp3) is 0. The second-order valence-corrected chi connectivity index (χ2v) is 25.1. The average molecular weight is 1250 g/mol. The topological polar surface area (TPSA) is 125 Å². The van der Waals surface area contributed by atoms with Crippen LogP contribution in [0.3, 0.4) is 0 Å². The Hall–Kier alpha value is -14.2. The van der Waals surface area contributed by atoms with Crippen molar-refractivity contribution in [3.05, 3.63) is 313 Å². The Labute approximate surface area is 559 Å². The molecule has 20 aromatic rings.